The van der Waals surface area contributed by atoms with Gasteiger partial charge in [0.15, 0.2) is 11.1 Å². The zero-order valence-electron chi connectivity index (χ0n) is 13.1. The van der Waals surface area contributed by atoms with Crippen molar-refractivity contribution in [1.82, 2.24) is 10.2 Å². The maximum Gasteiger partial charge on any atom is 0.573 e. The van der Waals surface area contributed by atoms with Gasteiger partial charge in [0.05, 0.1) is 0 Å². The summed E-state index contributed by atoms with van der Waals surface area (Å²) in [6, 6.07) is 4.29. The van der Waals surface area contributed by atoms with Gasteiger partial charge < -0.3 is 19.9 Å². The van der Waals surface area contributed by atoms with Crippen LogP contribution < -0.4 is 15.4 Å². The molecule has 0 radical (unpaired) electrons. The second kappa shape index (κ2) is 8.50. The van der Waals surface area contributed by atoms with Crippen molar-refractivity contribution in [2.45, 2.75) is 25.2 Å². The van der Waals surface area contributed by atoms with Crippen LogP contribution >= 0.6 is 0 Å². The molecule has 1 aliphatic heterocycles. The first-order valence-corrected chi connectivity index (χ1v) is 8.72. The van der Waals surface area contributed by atoms with Gasteiger partial charge >= 0.3 is 12.4 Å². The zero-order chi connectivity index (χ0) is 18.4. The number of benzene rings is 1. The molecule has 25 heavy (non-hydrogen) atoms. The van der Waals surface area contributed by atoms with Crippen molar-refractivity contribution in [2.24, 2.45) is 0 Å². The number of carbonyl (C=O) groups is 1. The van der Waals surface area contributed by atoms with E-state index in [1.807, 2.05) is 4.90 Å². The summed E-state index contributed by atoms with van der Waals surface area (Å²) in [7, 11) is 0. The minimum absolute atomic E-state index is 0.0729. The van der Waals surface area contributed by atoms with E-state index in [9.17, 15) is 22.2 Å². The summed E-state index contributed by atoms with van der Waals surface area (Å²) >= 11 is -1.87. The van der Waals surface area contributed by atoms with Gasteiger partial charge in [-0.15, -0.1) is 13.2 Å². The van der Waals surface area contributed by atoms with Crippen LogP contribution in [0.15, 0.2) is 24.3 Å². The molecule has 1 unspecified atom stereocenters. The van der Waals surface area contributed by atoms with Gasteiger partial charge in [0.25, 0.3) is 0 Å². The predicted octanol–water partition coefficient (Wildman–Crippen LogP) is 2.35. The van der Waals surface area contributed by atoms with E-state index in [4.69, 9.17) is 4.55 Å². The van der Waals surface area contributed by atoms with E-state index >= 15 is 0 Å². The third kappa shape index (κ3) is 7.28. The van der Waals surface area contributed by atoms with Crippen LogP contribution in [0.2, 0.25) is 0 Å². The molecule has 140 valence electrons. The molecule has 7 nitrogen and oxygen atoms in total. The Morgan fingerprint density at radius 1 is 1.28 bits per heavy atom. The largest absolute Gasteiger partial charge is 0.573 e. The molecule has 0 aromatic heterocycles. The molecule has 1 saturated heterocycles. The molecular formula is C14H18F3N3O4S. The fourth-order valence-electron chi connectivity index (χ4n) is 2.46. The molecule has 3 N–H and O–H groups in total. The molecule has 1 aliphatic rings. The van der Waals surface area contributed by atoms with E-state index < -0.39 is 23.5 Å². The summed E-state index contributed by atoms with van der Waals surface area (Å²) in [5.41, 5.74) is 0.333. The van der Waals surface area contributed by atoms with Crippen LogP contribution in [0.4, 0.5) is 23.7 Å². The number of anilines is 1. The average molecular weight is 381 g/mol. The molecule has 1 atom stereocenters. The molecule has 2 amide bonds. The van der Waals surface area contributed by atoms with Gasteiger partial charge in [-0.25, -0.2) is 9.00 Å². The number of ether oxygens (including phenoxy) is 1. The molecule has 1 heterocycles. The Bertz CT molecular complexity index is 604. The van der Waals surface area contributed by atoms with Crippen molar-refractivity contribution in [3.63, 3.8) is 0 Å². The number of carbonyl (C=O) groups excluding carboxylic acids is 1. The van der Waals surface area contributed by atoms with Gasteiger partial charge in [-0.05, 0) is 37.1 Å². The van der Waals surface area contributed by atoms with Crippen molar-refractivity contribution < 1.29 is 31.5 Å². The number of likely N-dealkylation sites (tertiary alicyclic amines) is 1. The van der Waals surface area contributed by atoms with Crippen molar-refractivity contribution >= 4 is 22.8 Å². The zero-order valence-corrected chi connectivity index (χ0v) is 13.9. The van der Waals surface area contributed by atoms with Gasteiger partial charge in [-0.3, -0.25) is 4.90 Å². The molecule has 0 spiro atoms. The van der Waals surface area contributed by atoms with Gasteiger partial charge in [-0.1, -0.05) is 0 Å². The average Bonchev–Trinajstić information content (AvgIpc) is 2.49. The van der Waals surface area contributed by atoms with Gasteiger partial charge in [-0.2, -0.15) is 0 Å². The Labute approximate surface area is 144 Å². The molecule has 0 bridgehead atoms. The van der Waals surface area contributed by atoms with Crippen LogP contribution in [0.3, 0.4) is 0 Å². The lowest BCUT2D eigenvalue weighted by molar-refractivity contribution is -0.274. The summed E-state index contributed by atoms with van der Waals surface area (Å²) in [4.78, 5) is 13.8. The van der Waals surface area contributed by atoms with E-state index in [0.717, 1.165) is 12.1 Å². The first-order valence-electron chi connectivity index (χ1n) is 7.44. The first-order chi connectivity index (χ1) is 11.7. The Morgan fingerprint density at radius 3 is 2.40 bits per heavy atom. The highest BCUT2D eigenvalue weighted by Crippen LogP contribution is 2.24. The number of urea groups is 1. The summed E-state index contributed by atoms with van der Waals surface area (Å²) in [6.07, 6.45) is -3.48. The third-order valence-electron chi connectivity index (χ3n) is 3.56. The standard InChI is InChI=1S/C14H18F3N3O4S/c15-14(16,17)24-12-3-1-10(2-4-12)18-13(21)19-11-5-7-20(8-6-11)9-25(22)23/h1-4,11H,5-9H2,(H,22,23)(H2,18,19,21). The minimum Gasteiger partial charge on any atom is -0.406 e. The smallest absolute Gasteiger partial charge is 0.406 e. The maximum absolute atomic E-state index is 12.1. The number of alkyl halides is 3. The van der Waals surface area contributed by atoms with E-state index in [1.54, 1.807) is 0 Å². The summed E-state index contributed by atoms with van der Waals surface area (Å²) in [6.45, 7) is 1.20. The highest BCUT2D eigenvalue weighted by molar-refractivity contribution is 7.79. The third-order valence-corrected chi connectivity index (χ3v) is 4.15. The van der Waals surface area contributed by atoms with Crippen LogP contribution in [0, 0.1) is 0 Å². The normalized spacial score (nSPS) is 17.8. The number of hydrogen-bond donors (Lipinski definition) is 3. The van der Waals surface area contributed by atoms with E-state index in [2.05, 4.69) is 15.4 Å². The number of piperidine rings is 1. The SMILES string of the molecule is O=C(Nc1ccc(OC(F)(F)F)cc1)NC1CCN(CS(=O)O)CC1. The molecule has 1 aromatic rings. The molecule has 0 saturated carbocycles. The van der Waals surface area contributed by atoms with Crippen LogP contribution in [0.1, 0.15) is 12.8 Å². The van der Waals surface area contributed by atoms with Crippen LogP contribution in [0.25, 0.3) is 0 Å². The summed E-state index contributed by atoms with van der Waals surface area (Å²) in [5, 5.41) is 5.30. The van der Waals surface area contributed by atoms with Crippen molar-refractivity contribution in [3.05, 3.63) is 24.3 Å². The monoisotopic (exact) mass is 381 g/mol. The number of nitrogens with zero attached hydrogens (tertiary/aromatic N) is 1. The topological polar surface area (TPSA) is 90.9 Å². The fourth-order valence-corrected chi connectivity index (χ4v) is 3.03. The Hall–Kier alpha value is -1.85. The summed E-state index contributed by atoms with van der Waals surface area (Å²) in [5.74, 6) is -0.280. The Balaban J connectivity index is 1.76. The lowest BCUT2D eigenvalue weighted by Crippen LogP contribution is -2.46. The lowest BCUT2D eigenvalue weighted by Gasteiger charge is -2.31. The van der Waals surface area contributed by atoms with Crippen molar-refractivity contribution in [1.29, 1.82) is 0 Å². The highest BCUT2D eigenvalue weighted by Gasteiger charge is 2.31. The van der Waals surface area contributed by atoms with Gasteiger partial charge in [0.2, 0.25) is 0 Å². The predicted molar refractivity (Wildman–Crippen MR) is 85.5 cm³/mol. The number of nitrogens with one attached hydrogen (secondary N) is 2. The number of amides is 2. The quantitative estimate of drug-likeness (QED) is 0.681. The molecular weight excluding hydrogens is 363 g/mol. The van der Waals surface area contributed by atoms with Gasteiger partial charge in [0.1, 0.15) is 11.6 Å². The molecule has 11 heteroatoms. The van der Waals surface area contributed by atoms with E-state index in [0.29, 0.717) is 31.6 Å². The second-order valence-corrected chi connectivity index (χ2v) is 6.41. The number of hydrogen-bond acceptors (Lipinski definition) is 4. The van der Waals surface area contributed by atoms with Crippen LogP contribution in [-0.4, -0.2) is 51.1 Å². The fraction of sp³-hybridized carbons (Fsp3) is 0.500. The molecule has 1 fully saturated rings. The van der Waals surface area contributed by atoms with Crippen LogP contribution in [0.5, 0.6) is 5.75 Å². The highest BCUT2D eigenvalue weighted by atomic mass is 32.2. The molecule has 1 aromatic carbocycles. The van der Waals surface area contributed by atoms with E-state index in [1.165, 1.54) is 12.1 Å². The summed E-state index contributed by atoms with van der Waals surface area (Å²) < 4.78 is 59.6. The second-order valence-electron chi connectivity index (χ2n) is 5.51. The van der Waals surface area contributed by atoms with Crippen LogP contribution in [-0.2, 0) is 11.1 Å². The van der Waals surface area contributed by atoms with E-state index in [-0.39, 0.29) is 17.7 Å². The first kappa shape index (κ1) is 19.5. The molecule has 2 rings (SSSR count). The number of halogens is 3. The Kier molecular flexibility index (Phi) is 6.62. The Morgan fingerprint density at radius 2 is 1.88 bits per heavy atom. The van der Waals surface area contributed by atoms with Crippen molar-refractivity contribution in [2.75, 3.05) is 24.3 Å². The van der Waals surface area contributed by atoms with Gasteiger partial charge in [0, 0.05) is 24.8 Å². The maximum atomic E-state index is 12.1. The molecule has 0 aliphatic carbocycles. The number of rotatable bonds is 5. The lowest BCUT2D eigenvalue weighted by atomic mass is 10.1. The minimum atomic E-state index is -4.76. The van der Waals surface area contributed by atoms with Crippen molar-refractivity contribution in [3.8, 4) is 5.75 Å².